The van der Waals surface area contributed by atoms with Crippen molar-refractivity contribution < 1.29 is 19.0 Å². The quantitative estimate of drug-likeness (QED) is 0.343. The minimum Gasteiger partial charge on any atom is -0.460 e. The van der Waals surface area contributed by atoms with Gasteiger partial charge < -0.3 is 9.84 Å². The summed E-state index contributed by atoms with van der Waals surface area (Å²) in [6, 6.07) is 14.8. The lowest BCUT2D eigenvalue weighted by molar-refractivity contribution is -0.156. The van der Waals surface area contributed by atoms with Crippen LogP contribution in [0.2, 0.25) is 0 Å². The van der Waals surface area contributed by atoms with Crippen molar-refractivity contribution in [3.05, 3.63) is 80.8 Å². The minimum atomic E-state index is -1.10. The summed E-state index contributed by atoms with van der Waals surface area (Å²) in [6.07, 6.45) is 0. The number of nitrogens with zero attached hydrogens (tertiary/aromatic N) is 3. The second-order valence-electron chi connectivity index (χ2n) is 8.85. The first-order valence-corrected chi connectivity index (χ1v) is 12.0. The van der Waals surface area contributed by atoms with E-state index in [2.05, 4.69) is 10.3 Å². The number of carbonyl (C=O) groups excluding carboxylic acids is 1. The van der Waals surface area contributed by atoms with Gasteiger partial charge in [0.15, 0.2) is 5.82 Å². The van der Waals surface area contributed by atoms with E-state index in [9.17, 15) is 9.90 Å². The van der Waals surface area contributed by atoms with Crippen LogP contribution in [0.15, 0.2) is 48.5 Å². The fourth-order valence-electron chi connectivity index (χ4n) is 4.25. The van der Waals surface area contributed by atoms with Gasteiger partial charge in [0, 0.05) is 22.2 Å². The SMILES string of the molecule is CCn1nnc2c(F)c([C@H](c3cc(CO)c(C)s3)C(C)(C)C(=O)OCc3ccccc3)ccc21. The van der Waals surface area contributed by atoms with E-state index in [4.69, 9.17) is 4.74 Å². The summed E-state index contributed by atoms with van der Waals surface area (Å²) in [7, 11) is 0. The number of benzene rings is 2. The summed E-state index contributed by atoms with van der Waals surface area (Å²) in [5.41, 5.74) is 1.66. The van der Waals surface area contributed by atoms with Crippen LogP contribution in [0, 0.1) is 18.2 Å². The first kappa shape index (κ1) is 24.0. The molecule has 4 rings (SSSR count). The number of hydrogen-bond donors (Lipinski definition) is 1. The number of aliphatic hydroxyl groups excluding tert-OH is 1. The lowest BCUT2D eigenvalue weighted by atomic mass is 9.73. The number of fused-ring (bicyclic) bond motifs is 1. The Bertz CT molecular complexity index is 1310. The van der Waals surface area contributed by atoms with Gasteiger partial charge in [-0.2, -0.15) is 0 Å². The summed E-state index contributed by atoms with van der Waals surface area (Å²) >= 11 is 1.45. The number of aromatic nitrogens is 3. The molecule has 2 aromatic carbocycles. The van der Waals surface area contributed by atoms with Gasteiger partial charge in [-0.15, -0.1) is 16.4 Å². The average Bonchev–Trinajstić information content (AvgIpc) is 3.42. The van der Waals surface area contributed by atoms with Gasteiger partial charge >= 0.3 is 5.97 Å². The molecule has 2 heterocycles. The average molecular weight is 482 g/mol. The van der Waals surface area contributed by atoms with E-state index in [1.54, 1.807) is 30.7 Å². The standard InChI is InChI=1S/C26H28FN3O3S/c1-5-30-20-12-11-19(23(27)24(20)28-29-30)22(21-13-18(14-31)16(2)34-21)26(3,4)25(32)33-15-17-9-7-6-8-10-17/h6-13,22,31H,5,14-15H2,1-4H3/t22-/m1/s1. The Morgan fingerprint density at radius 2 is 1.97 bits per heavy atom. The highest BCUT2D eigenvalue weighted by molar-refractivity contribution is 7.12. The van der Waals surface area contributed by atoms with Crippen LogP contribution in [0.25, 0.3) is 11.0 Å². The van der Waals surface area contributed by atoms with Crippen molar-refractivity contribution in [2.45, 2.75) is 53.4 Å². The largest absolute Gasteiger partial charge is 0.460 e. The van der Waals surface area contributed by atoms with Gasteiger partial charge in [-0.25, -0.2) is 9.07 Å². The summed E-state index contributed by atoms with van der Waals surface area (Å²) in [5.74, 6) is -1.58. The normalized spacial score (nSPS) is 12.8. The van der Waals surface area contributed by atoms with Crippen LogP contribution in [-0.4, -0.2) is 26.1 Å². The van der Waals surface area contributed by atoms with E-state index >= 15 is 4.39 Å². The van der Waals surface area contributed by atoms with Crippen molar-refractivity contribution >= 4 is 28.3 Å². The Balaban J connectivity index is 1.78. The molecule has 178 valence electrons. The Morgan fingerprint density at radius 3 is 2.62 bits per heavy atom. The molecule has 0 saturated heterocycles. The molecule has 0 radical (unpaired) electrons. The Morgan fingerprint density at radius 1 is 1.24 bits per heavy atom. The van der Waals surface area contributed by atoms with E-state index in [-0.39, 0.29) is 18.7 Å². The summed E-state index contributed by atoms with van der Waals surface area (Å²) in [4.78, 5) is 15.1. The minimum absolute atomic E-state index is 0.125. The fourth-order valence-corrected chi connectivity index (χ4v) is 5.59. The van der Waals surface area contributed by atoms with E-state index < -0.39 is 23.1 Å². The highest BCUT2D eigenvalue weighted by Gasteiger charge is 2.43. The van der Waals surface area contributed by atoms with Gasteiger partial charge in [0.25, 0.3) is 0 Å². The molecule has 0 aliphatic heterocycles. The number of aliphatic hydroxyl groups is 1. The number of esters is 1. The van der Waals surface area contributed by atoms with Crippen LogP contribution < -0.4 is 0 Å². The third kappa shape index (κ3) is 4.35. The van der Waals surface area contributed by atoms with Gasteiger partial charge in [-0.05, 0) is 56.5 Å². The Kier molecular flexibility index (Phi) is 6.81. The first-order chi connectivity index (χ1) is 16.3. The van der Waals surface area contributed by atoms with Gasteiger partial charge in [0.05, 0.1) is 17.5 Å². The zero-order chi connectivity index (χ0) is 24.5. The van der Waals surface area contributed by atoms with Crippen LogP contribution in [0.4, 0.5) is 4.39 Å². The van der Waals surface area contributed by atoms with Crippen molar-refractivity contribution in [3.63, 3.8) is 0 Å². The summed E-state index contributed by atoms with van der Waals surface area (Å²) in [5, 5.41) is 17.8. The monoisotopic (exact) mass is 481 g/mol. The van der Waals surface area contributed by atoms with E-state index in [0.717, 1.165) is 20.9 Å². The molecule has 2 aromatic heterocycles. The number of aryl methyl sites for hydroxylation is 2. The van der Waals surface area contributed by atoms with Gasteiger partial charge in [0.1, 0.15) is 12.1 Å². The zero-order valence-corrected chi connectivity index (χ0v) is 20.5. The van der Waals surface area contributed by atoms with Crippen LogP contribution in [0.3, 0.4) is 0 Å². The lowest BCUT2D eigenvalue weighted by Crippen LogP contribution is -2.34. The smallest absolute Gasteiger partial charge is 0.312 e. The first-order valence-electron chi connectivity index (χ1n) is 11.2. The predicted molar refractivity (Wildman–Crippen MR) is 130 cm³/mol. The molecule has 0 aliphatic rings. The zero-order valence-electron chi connectivity index (χ0n) is 19.7. The molecule has 0 saturated carbocycles. The maximum atomic E-state index is 15.9. The van der Waals surface area contributed by atoms with Crippen LogP contribution in [0.5, 0.6) is 0 Å². The van der Waals surface area contributed by atoms with Gasteiger partial charge in [0.2, 0.25) is 0 Å². The number of hydrogen-bond acceptors (Lipinski definition) is 6. The maximum Gasteiger partial charge on any atom is 0.312 e. The number of rotatable bonds is 8. The molecule has 0 spiro atoms. The number of carbonyl (C=O) groups is 1. The maximum absolute atomic E-state index is 15.9. The lowest BCUT2D eigenvalue weighted by Gasteiger charge is -2.32. The van der Waals surface area contributed by atoms with Crippen molar-refractivity contribution in [2.24, 2.45) is 5.41 Å². The topological polar surface area (TPSA) is 77.2 Å². The Hall–Kier alpha value is -3.10. The molecule has 8 heteroatoms. The number of ether oxygens (including phenoxy) is 1. The van der Waals surface area contributed by atoms with Crippen LogP contribution in [-0.2, 0) is 29.3 Å². The molecule has 6 nitrogen and oxygen atoms in total. The van der Waals surface area contributed by atoms with E-state index in [1.165, 1.54) is 11.3 Å². The van der Waals surface area contributed by atoms with Gasteiger partial charge in [-0.1, -0.05) is 41.6 Å². The van der Waals surface area contributed by atoms with E-state index in [0.29, 0.717) is 17.6 Å². The summed E-state index contributed by atoms with van der Waals surface area (Å²) in [6.45, 7) is 7.94. The van der Waals surface area contributed by atoms with Crippen LogP contribution in [0.1, 0.15) is 53.1 Å². The summed E-state index contributed by atoms with van der Waals surface area (Å²) < 4.78 is 23.2. The number of halogens is 1. The molecule has 0 bridgehead atoms. The molecular weight excluding hydrogens is 453 g/mol. The second kappa shape index (κ2) is 9.64. The third-order valence-electron chi connectivity index (χ3n) is 6.22. The second-order valence-corrected chi connectivity index (χ2v) is 10.1. The van der Waals surface area contributed by atoms with Gasteiger partial charge in [-0.3, -0.25) is 4.79 Å². The highest BCUT2D eigenvalue weighted by Crippen LogP contribution is 2.46. The third-order valence-corrected chi connectivity index (χ3v) is 7.38. The fraction of sp³-hybridized carbons (Fsp3) is 0.346. The number of thiophene rings is 1. The van der Waals surface area contributed by atoms with Crippen molar-refractivity contribution in [1.82, 2.24) is 15.0 Å². The molecule has 34 heavy (non-hydrogen) atoms. The predicted octanol–water partition coefficient (Wildman–Crippen LogP) is 5.35. The molecule has 4 aromatic rings. The Labute approximate surface area is 202 Å². The molecule has 0 fully saturated rings. The van der Waals surface area contributed by atoms with Crippen LogP contribution >= 0.6 is 11.3 Å². The molecule has 1 N–H and O–H groups in total. The highest BCUT2D eigenvalue weighted by atomic mass is 32.1. The van der Waals surface area contributed by atoms with E-state index in [1.807, 2.05) is 50.2 Å². The van der Waals surface area contributed by atoms with Crippen molar-refractivity contribution in [2.75, 3.05) is 0 Å². The molecule has 0 unspecified atom stereocenters. The van der Waals surface area contributed by atoms with Crippen molar-refractivity contribution in [3.8, 4) is 0 Å². The molecule has 1 atom stereocenters. The molecule has 0 aliphatic carbocycles. The van der Waals surface area contributed by atoms with Crippen molar-refractivity contribution in [1.29, 1.82) is 0 Å². The molecule has 0 amide bonds. The molecular formula is C26H28FN3O3S.